The Morgan fingerprint density at radius 1 is 1.07 bits per heavy atom. The number of amides is 3. The van der Waals surface area contributed by atoms with Crippen molar-refractivity contribution in [2.24, 2.45) is 5.73 Å². The van der Waals surface area contributed by atoms with Crippen LogP contribution in [-0.2, 0) is 25.6 Å². The monoisotopic (exact) mass is 410 g/mol. The molecule has 0 bridgehead atoms. The molecule has 0 aromatic heterocycles. The van der Waals surface area contributed by atoms with E-state index in [1.807, 2.05) is 12.3 Å². The van der Waals surface area contributed by atoms with E-state index in [-0.39, 0.29) is 13.0 Å². The summed E-state index contributed by atoms with van der Waals surface area (Å²) < 4.78 is 0. The lowest BCUT2D eigenvalue weighted by Gasteiger charge is -2.18. The van der Waals surface area contributed by atoms with Crippen molar-refractivity contribution >= 4 is 35.5 Å². The minimum atomic E-state index is -1.17. The Morgan fingerprint density at radius 3 is 2.29 bits per heavy atom. The number of nitrogens with one attached hydrogen (secondary N) is 3. The Labute approximate surface area is 167 Å². The molecular weight excluding hydrogens is 384 g/mol. The highest BCUT2D eigenvalue weighted by Crippen LogP contribution is 2.04. The number of hydrogen-bond donors (Lipinski definition) is 5. The topological polar surface area (TPSA) is 151 Å². The van der Waals surface area contributed by atoms with Gasteiger partial charge in [0.2, 0.25) is 17.7 Å². The molecule has 28 heavy (non-hydrogen) atoms. The Balaban J connectivity index is 2.57. The molecule has 154 valence electrons. The Hall–Kier alpha value is -2.59. The highest BCUT2D eigenvalue weighted by molar-refractivity contribution is 7.98. The molecule has 1 rings (SSSR count). The first kappa shape index (κ1) is 23.4. The molecule has 0 spiro atoms. The van der Waals surface area contributed by atoms with Crippen molar-refractivity contribution in [1.29, 1.82) is 0 Å². The van der Waals surface area contributed by atoms with Crippen LogP contribution in [0.15, 0.2) is 30.3 Å². The molecule has 0 aliphatic rings. The van der Waals surface area contributed by atoms with Gasteiger partial charge in [-0.05, 0) is 24.0 Å². The quantitative estimate of drug-likeness (QED) is 0.300. The fourth-order valence-corrected chi connectivity index (χ4v) is 2.82. The van der Waals surface area contributed by atoms with Gasteiger partial charge in [0, 0.05) is 6.42 Å². The maximum Gasteiger partial charge on any atom is 0.326 e. The number of aliphatic carboxylic acids is 1. The van der Waals surface area contributed by atoms with E-state index in [0.717, 1.165) is 5.56 Å². The molecule has 0 saturated heterocycles. The van der Waals surface area contributed by atoms with E-state index < -0.39 is 42.3 Å². The molecule has 0 aliphatic carbocycles. The van der Waals surface area contributed by atoms with Gasteiger partial charge in [-0.1, -0.05) is 30.3 Å². The molecule has 1 aromatic rings. The van der Waals surface area contributed by atoms with Crippen LogP contribution in [-0.4, -0.2) is 66.0 Å². The van der Waals surface area contributed by atoms with Crippen molar-refractivity contribution in [2.75, 3.05) is 25.1 Å². The Morgan fingerprint density at radius 2 is 1.71 bits per heavy atom. The van der Waals surface area contributed by atoms with Gasteiger partial charge in [-0.15, -0.1) is 0 Å². The maximum absolute atomic E-state index is 12.2. The number of carbonyl (C=O) groups excluding carboxylic acids is 3. The van der Waals surface area contributed by atoms with Crippen molar-refractivity contribution in [3.63, 3.8) is 0 Å². The highest BCUT2D eigenvalue weighted by Gasteiger charge is 2.23. The summed E-state index contributed by atoms with van der Waals surface area (Å²) in [4.78, 5) is 47.2. The Bertz CT molecular complexity index is 671. The first-order valence-electron chi connectivity index (χ1n) is 8.69. The number of rotatable bonds is 12. The van der Waals surface area contributed by atoms with Crippen LogP contribution in [0.2, 0.25) is 0 Å². The Kier molecular flexibility index (Phi) is 10.7. The molecule has 0 radical (unpaired) electrons. The summed E-state index contributed by atoms with van der Waals surface area (Å²) in [6.07, 6.45) is 2.37. The molecule has 9 nitrogen and oxygen atoms in total. The first-order valence-corrected chi connectivity index (χ1v) is 10.1. The third-order valence-electron chi connectivity index (χ3n) is 3.79. The van der Waals surface area contributed by atoms with Crippen LogP contribution < -0.4 is 21.7 Å². The fraction of sp³-hybridized carbons (Fsp3) is 0.444. The number of carboxylic acid groups (broad SMARTS) is 1. The van der Waals surface area contributed by atoms with Crippen LogP contribution >= 0.6 is 11.8 Å². The molecule has 2 atom stereocenters. The normalized spacial score (nSPS) is 12.5. The summed E-state index contributed by atoms with van der Waals surface area (Å²) in [5, 5.41) is 16.6. The lowest BCUT2D eigenvalue weighted by atomic mass is 10.1. The van der Waals surface area contributed by atoms with E-state index in [4.69, 9.17) is 5.73 Å². The van der Waals surface area contributed by atoms with Gasteiger partial charge >= 0.3 is 5.97 Å². The average Bonchev–Trinajstić information content (AvgIpc) is 2.69. The van der Waals surface area contributed by atoms with Gasteiger partial charge in [-0.3, -0.25) is 14.4 Å². The molecule has 0 saturated carbocycles. The van der Waals surface area contributed by atoms with Crippen molar-refractivity contribution in [2.45, 2.75) is 24.9 Å². The van der Waals surface area contributed by atoms with Gasteiger partial charge in [-0.25, -0.2) is 4.79 Å². The predicted molar refractivity (Wildman–Crippen MR) is 107 cm³/mol. The van der Waals surface area contributed by atoms with Gasteiger partial charge < -0.3 is 26.8 Å². The summed E-state index contributed by atoms with van der Waals surface area (Å²) in [5.41, 5.74) is 6.01. The van der Waals surface area contributed by atoms with Crippen molar-refractivity contribution in [3.8, 4) is 0 Å². The van der Waals surface area contributed by atoms with E-state index in [2.05, 4.69) is 16.0 Å². The number of carboxylic acids is 1. The average molecular weight is 410 g/mol. The fourth-order valence-electron chi connectivity index (χ4n) is 2.34. The molecule has 0 fully saturated rings. The second kappa shape index (κ2) is 12.7. The van der Waals surface area contributed by atoms with Gasteiger partial charge in [0.25, 0.3) is 0 Å². The molecular formula is C18H26N4O5S. The smallest absolute Gasteiger partial charge is 0.326 e. The summed E-state index contributed by atoms with van der Waals surface area (Å²) in [6, 6.07) is 6.97. The zero-order valence-corrected chi connectivity index (χ0v) is 16.5. The first-order chi connectivity index (χ1) is 13.4. The van der Waals surface area contributed by atoms with Gasteiger partial charge in [0.15, 0.2) is 0 Å². The van der Waals surface area contributed by atoms with Gasteiger partial charge in [-0.2, -0.15) is 11.8 Å². The summed E-state index contributed by atoms with van der Waals surface area (Å²) >= 11 is 1.51. The molecule has 6 N–H and O–H groups in total. The predicted octanol–water partition coefficient (Wildman–Crippen LogP) is -0.889. The number of carbonyl (C=O) groups is 4. The van der Waals surface area contributed by atoms with E-state index in [1.165, 1.54) is 11.8 Å². The molecule has 0 aliphatic heterocycles. The molecule has 1 aromatic carbocycles. The van der Waals surface area contributed by atoms with Crippen LogP contribution in [0.25, 0.3) is 0 Å². The molecule has 10 heteroatoms. The van der Waals surface area contributed by atoms with Crippen LogP contribution in [0, 0.1) is 0 Å². The van der Waals surface area contributed by atoms with Crippen molar-refractivity contribution in [1.82, 2.24) is 16.0 Å². The van der Waals surface area contributed by atoms with E-state index in [1.54, 1.807) is 24.3 Å². The number of nitrogens with two attached hydrogens (primary N) is 1. The second-order valence-electron chi connectivity index (χ2n) is 5.97. The zero-order valence-electron chi connectivity index (χ0n) is 15.6. The summed E-state index contributed by atoms with van der Waals surface area (Å²) in [6.45, 7) is -0.644. The standard InChI is InChI=1S/C18H26N4O5S/c1-28-8-7-13(21-15(23)10-19)17(25)20-11-16(24)22-14(18(26)27)9-12-5-3-2-4-6-12/h2-6,13-14H,7-11,19H2,1H3,(H,20,25)(H,21,23)(H,22,24)(H,26,27). The molecule has 3 amide bonds. The van der Waals surface area contributed by atoms with Crippen LogP contribution in [0.5, 0.6) is 0 Å². The summed E-state index contributed by atoms with van der Waals surface area (Å²) in [5.74, 6) is -2.17. The van der Waals surface area contributed by atoms with E-state index in [9.17, 15) is 24.3 Å². The SMILES string of the molecule is CSCCC(NC(=O)CN)C(=O)NCC(=O)NC(Cc1ccccc1)C(=O)O. The number of hydrogen-bond acceptors (Lipinski definition) is 6. The molecule has 2 unspecified atom stereocenters. The number of benzene rings is 1. The van der Waals surface area contributed by atoms with Crippen LogP contribution in [0.3, 0.4) is 0 Å². The third-order valence-corrected chi connectivity index (χ3v) is 4.43. The van der Waals surface area contributed by atoms with Gasteiger partial charge in [0.1, 0.15) is 12.1 Å². The third kappa shape index (κ3) is 8.87. The van der Waals surface area contributed by atoms with Crippen LogP contribution in [0.1, 0.15) is 12.0 Å². The lowest BCUT2D eigenvalue weighted by Crippen LogP contribution is -2.52. The minimum Gasteiger partial charge on any atom is -0.480 e. The zero-order chi connectivity index (χ0) is 20.9. The lowest BCUT2D eigenvalue weighted by molar-refractivity contribution is -0.141. The number of thioether (sulfide) groups is 1. The highest BCUT2D eigenvalue weighted by atomic mass is 32.2. The maximum atomic E-state index is 12.2. The van der Waals surface area contributed by atoms with E-state index >= 15 is 0 Å². The van der Waals surface area contributed by atoms with Crippen molar-refractivity contribution < 1.29 is 24.3 Å². The van der Waals surface area contributed by atoms with Gasteiger partial charge in [0.05, 0.1) is 13.1 Å². The molecule has 0 heterocycles. The van der Waals surface area contributed by atoms with Crippen molar-refractivity contribution in [3.05, 3.63) is 35.9 Å². The van der Waals surface area contributed by atoms with Crippen LogP contribution in [0.4, 0.5) is 0 Å². The summed E-state index contributed by atoms with van der Waals surface area (Å²) in [7, 11) is 0. The minimum absolute atomic E-state index is 0.124. The second-order valence-corrected chi connectivity index (χ2v) is 6.96. The van der Waals surface area contributed by atoms with E-state index in [0.29, 0.717) is 12.2 Å². The largest absolute Gasteiger partial charge is 0.480 e.